The number of rotatable bonds is 5. The van der Waals surface area contributed by atoms with E-state index in [0.717, 1.165) is 30.7 Å². The van der Waals surface area contributed by atoms with Gasteiger partial charge in [0.1, 0.15) is 5.75 Å². The average Bonchev–Trinajstić information content (AvgIpc) is 3.16. The molecule has 5 heteroatoms. The number of likely N-dealkylation sites (tertiary alicyclic amines) is 1. The normalized spacial score (nSPS) is 22.9. The molecule has 2 aliphatic rings. The van der Waals surface area contributed by atoms with Gasteiger partial charge in [0.25, 0.3) is 5.91 Å². The van der Waals surface area contributed by atoms with Crippen molar-refractivity contribution in [1.29, 1.82) is 0 Å². The lowest BCUT2D eigenvalue weighted by atomic mass is 10.00. The van der Waals surface area contributed by atoms with Crippen LogP contribution in [0.4, 0.5) is 0 Å². The van der Waals surface area contributed by atoms with Crippen molar-refractivity contribution in [3.63, 3.8) is 0 Å². The van der Waals surface area contributed by atoms with Crippen molar-refractivity contribution in [1.82, 2.24) is 9.80 Å². The molecule has 2 heterocycles. The van der Waals surface area contributed by atoms with E-state index in [0.29, 0.717) is 19.5 Å². The SMILES string of the molecule is CN(C(=O)C1CCc2ccccc2O1)C(CN1CC[C@H](O)C1)c1ccccc1. The largest absolute Gasteiger partial charge is 0.480 e. The van der Waals surface area contributed by atoms with Gasteiger partial charge in [-0.2, -0.15) is 0 Å². The maximum Gasteiger partial charge on any atom is 0.263 e. The van der Waals surface area contributed by atoms with E-state index in [-0.39, 0.29) is 18.1 Å². The summed E-state index contributed by atoms with van der Waals surface area (Å²) in [7, 11) is 1.87. The molecule has 0 bridgehead atoms. The summed E-state index contributed by atoms with van der Waals surface area (Å²) in [5, 5.41) is 9.89. The number of aliphatic hydroxyl groups excluding tert-OH is 1. The van der Waals surface area contributed by atoms with Crippen molar-refractivity contribution >= 4 is 5.91 Å². The predicted octanol–water partition coefficient (Wildman–Crippen LogP) is 2.65. The van der Waals surface area contributed by atoms with Gasteiger partial charge in [-0.15, -0.1) is 0 Å². The second kappa shape index (κ2) is 8.33. The number of likely N-dealkylation sites (N-methyl/N-ethyl adjacent to an activating group) is 1. The lowest BCUT2D eigenvalue weighted by molar-refractivity contribution is -0.140. The average molecular weight is 380 g/mol. The maximum atomic E-state index is 13.3. The fourth-order valence-corrected chi connectivity index (χ4v) is 4.23. The minimum atomic E-state index is -0.449. The summed E-state index contributed by atoms with van der Waals surface area (Å²) in [4.78, 5) is 17.4. The second-order valence-electron chi connectivity index (χ2n) is 7.83. The number of β-amino-alcohol motifs (C(OH)–C–C–N with tert-alkyl or cyclic N) is 1. The number of hydrogen-bond acceptors (Lipinski definition) is 4. The van der Waals surface area contributed by atoms with Gasteiger partial charge in [-0.05, 0) is 36.5 Å². The number of ether oxygens (including phenoxy) is 1. The molecule has 3 atom stereocenters. The first-order valence-electron chi connectivity index (χ1n) is 10.1. The molecule has 28 heavy (non-hydrogen) atoms. The van der Waals surface area contributed by atoms with Crippen molar-refractivity contribution < 1.29 is 14.6 Å². The van der Waals surface area contributed by atoms with E-state index in [4.69, 9.17) is 4.74 Å². The van der Waals surface area contributed by atoms with Crippen LogP contribution < -0.4 is 4.74 Å². The van der Waals surface area contributed by atoms with Crippen LogP contribution in [0.2, 0.25) is 0 Å². The Morgan fingerprint density at radius 2 is 1.93 bits per heavy atom. The third-order valence-electron chi connectivity index (χ3n) is 5.87. The molecule has 0 saturated carbocycles. The number of aliphatic hydroxyl groups is 1. The number of para-hydroxylation sites is 1. The van der Waals surface area contributed by atoms with Gasteiger partial charge in [0.15, 0.2) is 6.10 Å². The molecule has 2 aromatic carbocycles. The molecular formula is C23H28N2O3. The summed E-state index contributed by atoms with van der Waals surface area (Å²) in [5.74, 6) is 0.836. The first-order chi connectivity index (χ1) is 13.6. The Kier molecular flexibility index (Phi) is 5.64. The number of carbonyl (C=O) groups excluding carboxylic acids is 1. The summed E-state index contributed by atoms with van der Waals surface area (Å²) < 4.78 is 6.04. The topological polar surface area (TPSA) is 53.0 Å². The lowest BCUT2D eigenvalue weighted by Gasteiger charge is -2.35. The van der Waals surface area contributed by atoms with Crippen molar-refractivity contribution in [3.05, 3.63) is 65.7 Å². The van der Waals surface area contributed by atoms with Crippen LogP contribution in [0.25, 0.3) is 0 Å². The molecule has 1 amide bonds. The van der Waals surface area contributed by atoms with Gasteiger partial charge < -0.3 is 14.7 Å². The highest BCUT2D eigenvalue weighted by atomic mass is 16.5. The van der Waals surface area contributed by atoms with Crippen LogP contribution >= 0.6 is 0 Å². The Bertz CT molecular complexity index is 811. The minimum absolute atomic E-state index is 0.0168. The Labute approximate surface area is 166 Å². The predicted molar refractivity (Wildman–Crippen MR) is 108 cm³/mol. The molecule has 1 saturated heterocycles. The third-order valence-corrected chi connectivity index (χ3v) is 5.87. The van der Waals surface area contributed by atoms with Gasteiger partial charge in [-0.3, -0.25) is 9.69 Å². The van der Waals surface area contributed by atoms with Crippen molar-refractivity contribution in [2.75, 3.05) is 26.7 Å². The van der Waals surface area contributed by atoms with Crippen LogP contribution in [0.5, 0.6) is 5.75 Å². The first-order valence-corrected chi connectivity index (χ1v) is 10.1. The van der Waals surface area contributed by atoms with Crippen LogP contribution in [0, 0.1) is 0 Å². The van der Waals surface area contributed by atoms with E-state index in [1.807, 2.05) is 48.3 Å². The van der Waals surface area contributed by atoms with Crippen molar-refractivity contribution in [3.8, 4) is 5.75 Å². The molecule has 0 spiro atoms. The van der Waals surface area contributed by atoms with Crippen LogP contribution in [-0.2, 0) is 11.2 Å². The Morgan fingerprint density at radius 3 is 2.68 bits per heavy atom. The monoisotopic (exact) mass is 380 g/mol. The summed E-state index contributed by atoms with van der Waals surface area (Å²) in [6, 6.07) is 18.0. The maximum absolute atomic E-state index is 13.3. The third kappa shape index (κ3) is 4.05. The van der Waals surface area contributed by atoms with E-state index in [2.05, 4.69) is 23.1 Å². The number of carbonyl (C=O) groups is 1. The Hall–Kier alpha value is -2.37. The molecular weight excluding hydrogens is 352 g/mol. The summed E-state index contributed by atoms with van der Waals surface area (Å²) in [5.41, 5.74) is 2.27. The molecule has 0 aromatic heterocycles. The number of amides is 1. The van der Waals surface area contributed by atoms with Crippen LogP contribution in [0.3, 0.4) is 0 Å². The summed E-state index contributed by atoms with van der Waals surface area (Å²) in [6.07, 6.45) is 1.63. The molecule has 2 aromatic rings. The molecule has 5 nitrogen and oxygen atoms in total. The van der Waals surface area contributed by atoms with E-state index in [1.54, 1.807) is 0 Å². The molecule has 2 unspecified atom stereocenters. The highest BCUT2D eigenvalue weighted by molar-refractivity contribution is 5.82. The number of hydrogen-bond donors (Lipinski definition) is 1. The van der Waals surface area contributed by atoms with E-state index in [9.17, 15) is 9.90 Å². The van der Waals surface area contributed by atoms with E-state index >= 15 is 0 Å². The highest BCUT2D eigenvalue weighted by Crippen LogP contribution is 2.30. The molecule has 1 N–H and O–H groups in total. The number of fused-ring (bicyclic) bond motifs is 1. The van der Waals surface area contributed by atoms with Gasteiger partial charge in [-0.1, -0.05) is 48.5 Å². The minimum Gasteiger partial charge on any atom is -0.480 e. The van der Waals surface area contributed by atoms with Crippen molar-refractivity contribution in [2.45, 2.75) is 37.5 Å². The number of nitrogens with zero attached hydrogens (tertiary/aromatic N) is 2. The smallest absolute Gasteiger partial charge is 0.263 e. The molecule has 0 aliphatic carbocycles. The van der Waals surface area contributed by atoms with Crippen LogP contribution in [0.15, 0.2) is 54.6 Å². The van der Waals surface area contributed by atoms with Crippen LogP contribution in [-0.4, -0.2) is 59.7 Å². The fraction of sp³-hybridized carbons (Fsp3) is 0.435. The molecule has 4 rings (SSSR count). The van der Waals surface area contributed by atoms with Gasteiger partial charge in [0.2, 0.25) is 0 Å². The van der Waals surface area contributed by atoms with Crippen LogP contribution in [0.1, 0.15) is 30.0 Å². The van der Waals surface area contributed by atoms with E-state index in [1.165, 1.54) is 5.56 Å². The summed E-state index contributed by atoms with van der Waals surface area (Å²) in [6.45, 7) is 2.24. The number of benzene rings is 2. The second-order valence-corrected chi connectivity index (χ2v) is 7.83. The molecule has 1 fully saturated rings. The van der Waals surface area contributed by atoms with Gasteiger partial charge in [-0.25, -0.2) is 0 Å². The highest BCUT2D eigenvalue weighted by Gasteiger charge is 2.33. The Balaban J connectivity index is 1.51. The molecule has 2 aliphatic heterocycles. The van der Waals surface area contributed by atoms with Crippen molar-refractivity contribution in [2.24, 2.45) is 0 Å². The zero-order chi connectivity index (χ0) is 19.5. The zero-order valence-electron chi connectivity index (χ0n) is 16.3. The number of aryl methyl sites for hydroxylation is 1. The quantitative estimate of drug-likeness (QED) is 0.867. The van der Waals surface area contributed by atoms with E-state index < -0.39 is 6.10 Å². The van der Waals surface area contributed by atoms with Gasteiger partial charge in [0.05, 0.1) is 12.1 Å². The van der Waals surface area contributed by atoms with Gasteiger partial charge in [0, 0.05) is 26.7 Å². The first kappa shape index (κ1) is 19.0. The standard InChI is InChI=1S/C23H28N2O3/c1-24(23(27)22-12-11-18-9-5-6-10-21(18)28-22)20(17-7-3-2-4-8-17)16-25-14-13-19(26)15-25/h2-10,19-20,22,26H,11-16H2,1H3/t19-,20?,22?/m0/s1. The molecule has 0 radical (unpaired) electrons. The zero-order valence-corrected chi connectivity index (χ0v) is 16.3. The van der Waals surface area contributed by atoms with Gasteiger partial charge >= 0.3 is 0 Å². The Morgan fingerprint density at radius 1 is 1.18 bits per heavy atom. The summed E-state index contributed by atoms with van der Waals surface area (Å²) >= 11 is 0. The lowest BCUT2D eigenvalue weighted by Crippen LogP contribution is -2.46. The fourth-order valence-electron chi connectivity index (χ4n) is 4.23. The molecule has 148 valence electrons.